The molecule has 5 atom stereocenters. The van der Waals surface area contributed by atoms with Gasteiger partial charge in [-0.15, -0.1) is 0 Å². The molecule has 0 aromatic carbocycles. The SMILES string of the molecule is CCCCCCCCCCCCCCCCCCCCCCC(=O)O[C@H](COC(=O)CCCCCCCCCCCCCCCCCCC(C)C)COP(=O)(O)OC[C@@H](O)COP(=O)(O)OC[C@@H](COC(=O)CCCCCCCCC)OC(=O)CCCCCCCCCCCCCCC. The van der Waals surface area contributed by atoms with Crippen LogP contribution in [0.5, 0.6) is 0 Å². The molecule has 17 nitrogen and oxygen atoms in total. The quantitative estimate of drug-likeness (QED) is 0.0222. The van der Waals surface area contributed by atoms with Crippen LogP contribution in [0.25, 0.3) is 0 Å². The standard InChI is InChI=1S/C80H156O17P2/c1-6-9-12-15-18-20-22-24-25-26-27-28-29-34-38-42-46-51-56-61-66-80(85)97-76(70-91-78(83)64-59-54-49-44-40-37-33-31-30-32-36-39-43-48-52-57-62-73(4)5)72-95-99(88,89)93-68-74(81)67-92-98(86,87)94-71-75(69-90-77(82)63-58-53-47-17-14-11-8-3)96-79(84)65-60-55-50-45-41-35-23-21-19-16-13-10-7-2/h73-76,81H,6-72H2,1-5H3,(H,86,87)(H,88,89)/t74-,75+,76+/m0/s1. The van der Waals surface area contributed by atoms with E-state index in [0.29, 0.717) is 25.7 Å². The Hall–Kier alpha value is -1.94. The number of rotatable bonds is 80. The molecule has 19 heteroatoms. The van der Waals surface area contributed by atoms with E-state index in [1.165, 1.54) is 238 Å². The number of hydrogen-bond acceptors (Lipinski definition) is 15. The minimum Gasteiger partial charge on any atom is -0.462 e. The van der Waals surface area contributed by atoms with Crippen LogP contribution in [-0.2, 0) is 65.4 Å². The molecule has 0 aromatic heterocycles. The van der Waals surface area contributed by atoms with Gasteiger partial charge in [-0.25, -0.2) is 9.13 Å². The first kappa shape index (κ1) is 97.1. The topological polar surface area (TPSA) is 237 Å². The Morgan fingerprint density at radius 3 is 0.687 bits per heavy atom. The van der Waals surface area contributed by atoms with Crippen LogP contribution in [0.1, 0.15) is 426 Å². The number of phosphoric ester groups is 2. The van der Waals surface area contributed by atoms with Gasteiger partial charge in [0.05, 0.1) is 26.4 Å². The highest BCUT2D eigenvalue weighted by atomic mass is 31.2. The van der Waals surface area contributed by atoms with E-state index in [0.717, 1.165) is 109 Å². The highest BCUT2D eigenvalue weighted by Gasteiger charge is 2.30. The molecule has 0 amide bonds. The van der Waals surface area contributed by atoms with Crippen LogP contribution >= 0.6 is 15.6 Å². The van der Waals surface area contributed by atoms with Crippen LogP contribution in [-0.4, -0.2) is 96.7 Å². The smallest absolute Gasteiger partial charge is 0.462 e. The molecule has 0 saturated carbocycles. The average molecular weight is 1450 g/mol. The van der Waals surface area contributed by atoms with Crippen LogP contribution in [0.3, 0.4) is 0 Å². The Morgan fingerprint density at radius 1 is 0.273 bits per heavy atom. The molecule has 588 valence electrons. The number of esters is 4. The Kier molecular flexibility index (Phi) is 71.6. The second-order valence-corrected chi connectivity index (χ2v) is 32.2. The van der Waals surface area contributed by atoms with Crippen molar-refractivity contribution in [2.75, 3.05) is 39.6 Å². The van der Waals surface area contributed by atoms with Crippen molar-refractivity contribution < 1.29 is 80.2 Å². The summed E-state index contributed by atoms with van der Waals surface area (Å²) in [5, 5.41) is 10.6. The molecule has 0 heterocycles. The summed E-state index contributed by atoms with van der Waals surface area (Å²) in [5.41, 5.74) is 0. The molecule has 0 aliphatic rings. The van der Waals surface area contributed by atoms with Crippen LogP contribution in [0.2, 0.25) is 0 Å². The van der Waals surface area contributed by atoms with Gasteiger partial charge >= 0.3 is 39.5 Å². The lowest BCUT2D eigenvalue weighted by atomic mass is 10.0. The van der Waals surface area contributed by atoms with Gasteiger partial charge in [0, 0.05) is 25.7 Å². The van der Waals surface area contributed by atoms with E-state index in [9.17, 15) is 43.2 Å². The zero-order valence-corrected chi connectivity index (χ0v) is 66.4. The molecule has 0 rings (SSSR count). The molecular weight excluding hydrogens is 1290 g/mol. The third kappa shape index (κ3) is 74.1. The molecule has 0 aromatic rings. The highest BCUT2D eigenvalue weighted by molar-refractivity contribution is 7.47. The van der Waals surface area contributed by atoms with E-state index in [-0.39, 0.29) is 25.7 Å². The molecule has 0 aliphatic heterocycles. The molecule has 0 bridgehead atoms. The van der Waals surface area contributed by atoms with Crippen molar-refractivity contribution in [2.45, 2.75) is 445 Å². The number of carbonyl (C=O) groups excluding carboxylic acids is 4. The van der Waals surface area contributed by atoms with Crippen LogP contribution in [0.4, 0.5) is 0 Å². The van der Waals surface area contributed by atoms with E-state index in [1.54, 1.807) is 0 Å². The largest absolute Gasteiger partial charge is 0.472 e. The van der Waals surface area contributed by atoms with Crippen molar-refractivity contribution in [3.05, 3.63) is 0 Å². The predicted molar refractivity (Wildman–Crippen MR) is 405 cm³/mol. The molecule has 0 aliphatic carbocycles. The summed E-state index contributed by atoms with van der Waals surface area (Å²) in [5.74, 6) is -1.30. The number of aliphatic hydroxyl groups is 1. The van der Waals surface area contributed by atoms with E-state index >= 15 is 0 Å². The summed E-state index contributed by atoms with van der Waals surface area (Å²) >= 11 is 0. The third-order valence-electron chi connectivity index (χ3n) is 18.8. The van der Waals surface area contributed by atoms with Crippen LogP contribution in [0, 0.1) is 5.92 Å². The Balaban J connectivity index is 5.17. The maximum atomic E-state index is 13.1. The Labute approximate surface area is 607 Å². The number of hydrogen-bond donors (Lipinski definition) is 3. The minimum absolute atomic E-state index is 0.108. The normalized spacial score (nSPS) is 13.9. The molecule has 2 unspecified atom stereocenters. The van der Waals surface area contributed by atoms with Gasteiger partial charge in [-0.2, -0.15) is 0 Å². The summed E-state index contributed by atoms with van der Waals surface area (Å²) in [6.45, 7) is 7.31. The summed E-state index contributed by atoms with van der Waals surface area (Å²) in [6.07, 6.45) is 64.0. The van der Waals surface area contributed by atoms with Crippen molar-refractivity contribution in [3.63, 3.8) is 0 Å². The lowest BCUT2D eigenvalue weighted by molar-refractivity contribution is -0.161. The monoisotopic (exact) mass is 1450 g/mol. The van der Waals surface area contributed by atoms with Gasteiger partial charge in [0.1, 0.15) is 19.3 Å². The summed E-state index contributed by atoms with van der Waals surface area (Å²) < 4.78 is 68.5. The number of phosphoric acid groups is 2. The molecule has 3 N–H and O–H groups in total. The Morgan fingerprint density at radius 2 is 0.465 bits per heavy atom. The fourth-order valence-electron chi connectivity index (χ4n) is 12.4. The second-order valence-electron chi connectivity index (χ2n) is 29.3. The van der Waals surface area contributed by atoms with Gasteiger partial charge in [-0.3, -0.25) is 37.3 Å². The number of carbonyl (C=O) groups is 4. The highest BCUT2D eigenvalue weighted by Crippen LogP contribution is 2.45. The summed E-state index contributed by atoms with van der Waals surface area (Å²) in [6, 6.07) is 0. The van der Waals surface area contributed by atoms with E-state index in [4.69, 9.17) is 37.0 Å². The molecule has 99 heavy (non-hydrogen) atoms. The molecule has 0 saturated heterocycles. The fourth-order valence-corrected chi connectivity index (χ4v) is 14.0. The van der Waals surface area contributed by atoms with E-state index in [1.807, 2.05) is 0 Å². The van der Waals surface area contributed by atoms with E-state index < -0.39 is 97.5 Å². The van der Waals surface area contributed by atoms with Gasteiger partial charge in [0.25, 0.3) is 0 Å². The van der Waals surface area contributed by atoms with Gasteiger partial charge in [-0.1, -0.05) is 375 Å². The minimum atomic E-state index is -4.96. The third-order valence-corrected chi connectivity index (χ3v) is 20.7. The summed E-state index contributed by atoms with van der Waals surface area (Å²) in [7, 11) is -9.91. The van der Waals surface area contributed by atoms with Gasteiger partial charge in [-0.05, 0) is 31.6 Å². The second kappa shape index (κ2) is 73.0. The van der Waals surface area contributed by atoms with Crippen molar-refractivity contribution in [1.82, 2.24) is 0 Å². The van der Waals surface area contributed by atoms with Crippen molar-refractivity contribution in [3.8, 4) is 0 Å². The van der Waals surface area contributed by atoms with Crippen molar-refractivity contribution in [2.24, 2.45) is 5.92 Å². The van der Waals surface area contributed by atoms with Gasteiger partial charge in [0.15, 0.2) is 12.2 Å². The maximum absolute atomic E-state index is 13.1. The van der Waals surface area contributed by atoms with Gasteiger partial charge in [0.2, 0.25) is 0 Å². The lowest BCUT2D eigenvalue weighted by Gasteiger charge is -2.21. The van der Waals surface area contributed by atoms with Gasteiger partial charge < -0.3 is 33.8 Å². The summed E-state index contributed by atoms with van der Waals surface area (Å²) in [4.78, 5) is 72.8. The zero-order valence-electron chi connectivity index (χ0n) is 64.6. The van der Waals surface area contributed by atoms with Crippen molar-refractivity contribution >= 4 is 39.5 Å². The Bertz CT molecular complexity index is 1890. The fraction of sp³-hybridized carbons (Fsp3) is 0.950. The molecular formula is C80H156O17P2. The molecule has 0 spiro atoms. The zero-order chi connectivity index (χ0) is 72.7. The number of unbranched alkanes of at least 4 members (excludes halogenated alkanes) is 52. The average Bonchev–Trinajstić information content (AvgIpc) is 1.16. The first-order chi connectivity index (χ1) is 48.0. The molecule has 0 fully saturated rings. The van der Waals surface area contributed by atoms with Crippen molar-refractivity contribution in [1.29, 1.82) is 0 Å². The van der Waals surface area contributed by atoms with Crippen LogP contribution < -0.4 is 0 Å². The number of ether oxygens (including phenoxy) is 4. The van der Waals surface area contributed by atoms with E-state index in [2.05, 4.69) is 34.6 Å². The molecule has 0 radical (unpaired) electrons. The number of aliphatic hydroxyl groups excluding tert-OH is 1. The maximum Gasteiger partial charge on any atom is 0.472 e. The first-order valence-electron chi connectivity index (χ1n) is 41.6. The predicted octanol–water partition coefficient (Wildman–Crippen LogP) is 24.0. The van der Waals surface area contributed by atoms with Crippen LogP contribution in [0.15, 0.2) is 0 Å². The lowest BCUT2D eigenvalue weighted by Crippen LogP contribution is -2.30. The first-order valence-corrected chi connectivity index (χ1v) is 44.6.